The molecule has 0 aliphatic heterocycles. The highest BCUT2D eigenvalue weighted by molar-refractivity contribution is 8.00. The SMILES string of the molecule is CC(=O)Nc1cccc(NC(=O)Cc2csc(SCc3ccccc3F)n2)c1. The highest BCUT2D eigenvalue weighted by atomic mass is 32.2. The Morgan fingerprint density at radius 1 is 1.11 bits per heavy atom. The number of thioether (sulfide) groups is 1. The quantitative estimate of drug-likeness (QED) is 0.548. The molecule has 0 aliphatic carbocycles. The summed E-state index contributed by atoms with van der Waals surface area (Å²) in [6, 6.07) is 13.6. The number of nitrogens with one attached hydrogen (secondary N) is 2. The van der Waals surface area contributed by atoms with Gasteiger partial charge in [-0.25, -0.2) is 9.37 Å². The van der Waals surface area contributed by atoms with Crippen molar-refractivity contribution in [1.29, 1.82) is 0 Å². The van der Waals surface area contributed by atoms with E-state index in [4.69, 9.17) is 0 Å². The summed E-state index contributed by atoms with van der Waals surface area (Å²) < 4.78 is 14.5. The van der Waals surface area contributed by atoms with Crippen molar-refractivity contribution in [2.75, 3.05) is 10.6 Å². The van der Waals surface area contributed by atoms with Crippen LogP contribution in [0.4, 0.5) is 15.8 Å². The van der Waals surface area contributed by atoms with Crippen LogP contribution in [0.1, 0.15) is 18.2 Å². The third kappa shape index (κ3) is 5.90. The zero-order valence-electron chi connectivity index (χ0n) is 15.1. The first-order chi connectivity index (χ1) is 13.5. The Labute approximate surface area is 170 Å². The Balaban J connectivity index is 1.54. The molecule has 1 heterocycles. The maximum absolute atomic E-state index is 13.7. The molecule has 0 atom stereocenters. The highest BCUT2D eigenvalue weighted by Gasteiger charge is 2.10. The summed E-state index contributed by atoms with van der Waals surface area (Å²) in [6.07, 6.45) is 0.140. The molecule has 0 saturated carbocycles. The van der Waals surface area contributed by atoms with Crippen molar-refractivity contribution in [2.24, 2.45) is 0 Å². The molecular formula is C20H18FN3O2S2. The molecule has 5 nitrogen and oxygen atoms in total. The van der Waals surface area contributed by atoms with Crippen LogP contribution in [0.2, 0.25) is 0 Å². The van der Waals surface area contributed by atoms with Crippen LogP contribution in [-0.4, -0.2) is 16.8 Å². The molecule has 2 amide bonds. The van der Waals surface area contributed by atoms with Gasteiger partial charge in [0.25, 0.3) is 0 Å². The molecule has 2 N–H and O–H groups in total. The zero-order chi connectivity index (χ0) is 19.9. The molecule has 0 saturated heterocycles. The molecule has 0 aliphatic rings. The molecule has 3 rings (SSSR count). The minimum absolute atomic E-state index is 0.140. The number of nitrogens with zero attached hydrogens (tertiary/aromatic N) is 1. The summed E-state index contributed by atoms with van der Waals surface area (Å²) in [5.41, 5.74) is 2.50. The van der Waals surface area contributed by atoms with Crippen LogP contribution < -0.4 is 10.6 Å². The van der Waals surface area contributed by atoms with Crippen molar-refractivity contribution in [2.45, 2.75) is 23.4 Å². The van der Waals surface area contributed by atoms with Gasteiger partial charge in [-0.15, -0.1) is 11.3 Å². The predicted octanol–water partition coefficient (Wildman–Crippen LogP) is 4.71. The van der Waals surface area contributed by atoms with Gasteiger partial charge in [0.05, 0.1) is 12.1 Å². The van der Waals surface area contributed by atoms with Crippen LogP contribution >= 0.6 is 23.1 Å². The van der Waals surface area contributed by atoms with E-state index in [1.54, 1.807) is 42.5 Å². The fourth-order valence-electron chi connectivity index (χ4n) is 2.44. The molecule has 0 fully saturated rings. The second-order valence-corrected chi connectivity index (χ2v) is 8.05. The highest BCUT2D eigenvalue weighted by Crippen LogP contribution is 2.27. The van der Waals surface area contributed by atoms with Crippen LogP contribution in [0.3, 0.4) is 0 Å². The monoisotopic (exact) mass is 415 g/mol. The van der Waals surface area contributed by atoms with Gasteiger partial charge in [0, 0.05) is 29.4 Å². The Bertz CT molecular complexity index is 991. The predicted molar refractivity (Wildman–Crippen MR) is 111 cm³/mol. The number of hydrogen-bond acceptors (Lipinski definition) is 5. The summed E-state index contributed by atoms with van der Waals surface area (Å²) in [5, 5.41) is 7.30. The minimum atomic E-state index is -0.229. The van der Waals surface area contributed by atoms with E-state index in [2.05, 4.69) is 15.6 Å². The second-order valence-electron chi connectivity index (χ2n) is 5.97. The lowest BCUT2D eigenvalue weighted by Gasteiger charge is -2.07. The molecule has 0 unspecified atom stereocenters. The average molecular weight is 416 g/mol. The summed E-state index contributed by atoms with van der Waals surface area (Å²) in [4.78, 5) is 27.8. The second kappa shape index (κ2) is 9.48. The summed E-state index contributed by atoms with van der Waals surface area (Å²) in [5.74, 6) is -0.114. The Kier molecular flexibility index (Phi) is 6.78. The van der Waals surface area contributed by atoms with Gasteiger partial charge in [-0.1, -0.05) is 36.0 Å². The van der Waals surface area contributed by atoms with Gasteiger partial charge in [0.15, 0.2) is 0 Å². The molecule has 2 aromatic carbocycles. The van der Waals surface area contributed by atoms with E-state index in [1.165, 1.54) is 36.1 Å². The van der Waals surface area contributed by atoms with Gasteiger partial charge < -0.3 is 10.6 Å². The van der Waals surface area contributed by atoms with Gasteiger partial charge in [0.2, 0.25) is 11.8 Å². The molecule has 0 bridgehead atoms. The molecule has 3 aromatic rings. The van der Waals surface area contributed by atoms with Crippen molar-refractivity contribution in [1.82, 2.24) is 4.98 Å². The van der Waals surface area contributed by atoms with Crippen molar-refractivity contribution in [3.63, 3.8) is 0 Å². The van der Waals surface area contributed by atoms with Gasteiger partial charge >= 0.3 is 0 Å². The summed E-state index contributed by atoms with van der Waals surface area (Å²) >= 11 is 2.88. The number of amides is 2. The molecule has 28 heavy (non-hydrogen) atoms. The first-order valence-electron chi connectivity index (χ1n) is 8.48. The first kappa shape index (κ1) is 20.0. The van der Waals surface area contributed by atoms with Crippen molar-refractivity contribution in [3.8, 4) is 0 Å². The molecule has 8 heteroatoms. The number of halogens is 1. The number of carbonyl (C=O) groups is 2. The van der Waals surface area contributed by atoms with E-state index in [-0.39, 0.29) is 24.1 Å². The maximum Gasteiger partial charge on any atom is 0.230 e. The fraction of sp³-hybridized carbons (Fsp3) is 0.150. The van der Waals surface area contributed by atoms with Gasteiger partial charge in [-0.05, 0) is 29.8 Å². The lowest BCUT2D eigenvalue weighted by atomic mass is 10.2. The number of thiazole rings is 1. The lowest BCUT2D eigenvalue weighted by molar-refractivity contribution is -0.116. The fourth-order valence-corrected chi connectivity index (χ4v) is 4.27. The Hall–Kier alpha value is -2.71. The lowest BCUT2D eigenvalue weighted by Crippen LogP contribution is -2.15. The topological polar surface area (TPSA) is 71.1 Å². The van der Waals surface area contributed by atoms with Crippen LogP contribution in [0.25, 0.3) is 0 Å². The molecular weight excluding hydrogens is 397 g/mol. The summed E-state index contributed by atoms with van der Waals surface area (Å²) in [6.45, 7) is 1.43. The third-order valence-electron chi connectivity index (χ3n) is 3.65. The van der Waals surface area contributed by atoms with Crippen molar-refractivity contribution < 1.29 is 14.0 Å². The van der Waals surface area contributed by atoms with E-state index in [9.17, 15) is 14.0 Å². The number of rotatable bonds is 7. The average Bonchev–Trinajstić information content (AvgIpc) is 3.08. The van der Waals surface area contributed by atoms with Crippen LogP contribution in [0.5, 0.6) is 0 Å². The van der Waals surface area contributed by atoms with E-state index in [0.717, 1.165) is 4.34 Å². The van der Waals surface area contributed by atoms with Gasteiger partial charge in [-0.2, -0.15) is 0 Å². The smallest absolute Gasteiger partial charge is 0.230 e. The van der Waals surface area contributed by atoms with E-state index >= 15 is 0 Å². The van der Waals surface area contributed by atoms with Crippen molar-refractivity contribution >= 4 is 46.3 Å². The number of benzene rings is 2. The molecule has 1 aromatic heterocycles. The minimum Gasteiger partial charge on any atom is -0.326 e. The molecule has 0 spiro atoms. The van der Waals surface area contributed by atoms with E-state index < -0.39 is 0 Å². The van der Waals surface area contributed by atoms with Crippen LogP contribution in [0, 0.1) is 5.82 Å². The maximum atomic E-state index is 13.7. The van der Waals surface area contributed by atoms with E-state index in [1.807, 2.05) is 5.38 Å². The largest absolute Gasteiger partial charge is 0.326 e. The normalized spacial score (nSPS) is 10.5. The number of hydrogen-bond donors (Lipinski definition) is 2. The van der Waals surface area contributed by atoms with E-state index in [0.29, 0.717) is 28.4 Å². The van der Waals surface area contributed by atoms with Crippen LogP contribution in [0.15, 0.2) is 58.3 Å². The van der Waals surface area contributed by atoms with Crippen molar-refractivity contribution in [3.05, 3.63) is 71.0 Å². The standard InChI is InChI=1S/C20H18FN3O2S2/c1-13(25)22-15-6-4-7-16(9-15)23-19(26)10-17-12-28-20(24-17)27-11-14-5-2-3-8-18(14)21/h2-9,12H,10-11H2,1H3,(H,22,25)(H,23,26). The number of anilines is 2. The Morgan fingerprint density at radius 2 is 1.86 bits per heavy atom. The molecule has 0 radical (unpaired) electrons. The zero-order valence-corrected chi connectivity index (χ0v) is 16.7. The number of aromatic nitrogens is 1. The first-order valence-corrected chi connectivity index (χ1v) is 10.3. The van der Waals surface area contributed by atoms with Crippen LogP contribution in [-0.2, 0) is 21.8 Å². The number of carbonyl (C=O) groups excluding carboxylic acids is 2. The Morgan fingerprint density at radius 3 is 2.61 bits per heavy atom. The van der Waals surface area contributed by atoms with Gasteiger partial charge in [-0.3, -0.25) is 9.59 Å². The third-order valence-corrected chi connectivity index (χ3v) is 5.77. The molecule has 144 valence electrons. The van der Waals surface area contributed by atoms with Gasteiger partial charge in [0.1, 0.15) is 10.2 Å². The summed E-state index contributed by atoms with van der Waals surface area (Å²) in [7, 11) is 0.